The standard InChI is InChI=1S/C16H22O2Si/c1-5-8-15(17)10-12-16(18,13-11-15)9-6-7-14-19(2,3)4/h17-18H,10-13H2,1-4H3. The van der Waals surface area contributed by atoms with Gasteiger partial charge in [0.25, 0.3) is 0 Å². The smallest absolute Gasteiger partial charge is 0.130 e. The summed E-state index contributed by atoms with van der Waals surface area (Å²) in [5, 5.41) is 20.4. The third-order valence-corrected chi connectivity index (χ3v) is 3.93. The van der Waals surface area contributed by atoms with Crippen LogP contribution in [0.3, 0.4) is 0 Å². The molecule has 0 saturated heterocycles. The van der Waals surface area contributed by atoms with Gasteiger partial charge >= 0.3 is 0 Å². The van der Waals surface area contributed by atoms with Crippen LogP contribution in [-0.4, -0.2) is 29.5 Å². The quantitative estimate of drug-likeness (QED) is 0.523. The molecule has 0 unspecified atom stereocenters. The molecule has 0 aliphatic heterocycles. The SMILES string of the molecule is CC#CC1(O)CCC(O)(C#CC#C[Si](C)(C)C)CC1. The van der Waals surface area contributed by atoms with Crippen LogP contribution in [0.2, 0.25) is 19.6 Å². The predicted octanol–water partition coefficient (Wildman–Crippen LogP) is 1.93. The molecule has 0 aromatic rings. The van der Waals surface area contributed by atoms with Crippen molar-refractivity contribution in [2.45, 2.75) is 63.5 Å². The summed E-state index contributed by atoms with van der Waals surface area (Å²) in [5.41, 5.74) is 1.18. The van der Waals surface area contributed by atoms with E-state index in [1.54, 1.807) is 6.92 Å². The number of hydrogen-bond acceptors (Lipinski definition) is 2. The molecule has 0 bridgehead atoms. The minimum absolute atomic E-state index is 0.444. The lowest BCUT2D eigenvalue weighted by Gasteiger charge is -2.35. The normalized spacial score (nSPS) is 30.0. The maximum absolute atomic E-state index is 10.3. The van der Waals surface area contributed by atoms with Gasteiger partial charge in [0.1, 0.15) is 19.3 Å². The fourth-order valence-electron chi connectivity index (χ4n) is 1.93. The maximum Gasteiger partial charge on any atom is 0.130 e. The molecule has 0 amide bonds. The molecule has 0 atom stereocenters. The molecular weight excluding hydrogens is 252 g/mol. The minimum Gasteiger partial charge on any atom is -0.378 e. The van der Waals surface area contributed by atoms with E-state index in [0.29, 0.717) is 25.7 Å². The summed E-state index contributed by atoms with van der Waals surface area (Å²) < 4.78 is 0. The van der Waals surface area contributed by atoms with E-state index in [9.17, 15) is 10.2 Å². The summed E-state index contributed by atoms with van der Waals surface area (Å²) in [7, 11) is -1.41. The Hall–Kier alpha value is -1.18. The van der Waals surface area contributed by atoms with Crippen molar-refractivity contribution in [3.8, 4) is 35.1 Å². The Kier molecular flexibility index (Phi) is 4.89. The second kappa shape index (κ2) is 5.85. The van der Waals surface area contributed by atoms with Crippen LogP contribution in [0.4, 0.5) is 0 Å². The second-order valence-corrected chi connectivity index (χ2v) is 10.9. The molecule has 0 aromatic carbocycles. The highest BCUT2D eigenvalue weighted by Gasteiger charge is 2.38. The molecular formula is C16H22O2Si. The van der Waals surface area contributed by atoms with E-state index in [4.69, 9.17) is 0 Å². The number of hydrogen-bond donors (Lipinski definition) is 2. The fraction of sp³-hybridized carbons (Fsp3) is 0.625. The van der Waals surface area contributed by atoms with Crippen molar-refractivity contribution in [1.29, 1.82) is 0 Å². The van der Waals surface area contributed by atoms with Crippen LogP contribution in [0, 0.1) is 35.1 Å². The van der Waals surface area contributed by atoms with Gasteiger partial charge in [-0.15, -0.1) is 11.5 Å². The van der Waals surface area contributed by atoms with Gasteiger partial charge in [0.15, 0.2) is 0 Å². The van der Waals surface area contributed by atoms with Gasteiger partial charge in [0.05, 0.1) is 0 Å². The molecule has 1 aliphatic rings. The van der Waals surface area contributed by atoms with Crippen molar-refractivity contribution in [2.24, 2.45) is 0 Å². The van der Waals surface area contributed by atoms with E-state index in [1.807, 2.05) is 0 Å². The zero-order valence-electron chi connectivity index (χ0n) is 12.2. The van der Waals surface area contributed by atoms with Gasteiger partial charge in [-0.05, 0) is 44.4 Å². The third-order valence-electron chi connectivity index (χ3n) is 3.06. The largest absolute Gasteiger partial charge is 0.378 e. The molecule has 3 heteroatoms. The van der Waals surface area contributed by atoms with Crippen molar-refractivity contribution in [3.05, 3.63) is 0 Å². The Labute approximate surface area is 117 Å². The molecule has 0 radical (unpaired) electrons. The zero-order valence-corrected chi connectivity index (χ0v) is 13.2. The molecule has 2 nitrogen and oxygen atoms in total. The van der Waals surface area contributed by atoms with Crippen LogP contribution in [0.25, 0.3) is 0 Å². The molecule has 0 heterocycles. The Morgan fingerprint density at radius 1 is 0.842 bits per heavy atom. The first-order valence-corrected chi connectivity index (χ1v) is 10.1. The average Bonchev–Trinajstić information content (AvgIpc) is 2.29. The van der Waals surface area contributed by atoms with Gasteiger partial charge in [0, 0.05) is 0 Å². The maximum atomic E-state index is 10.3. The summed E-state index contributed by atoms with van der Waals surface area (Å²) in [6.45, 7) is 8.17. The highest BCUT2D eigenvalue weighted by molar-refractivity contribution is 6.83. The van der Waals surface area contributed by atoms with Gasteiger partial charge in [-0.25, -0.2) is 0 Å². The van der Waals surface area contributed by atoms with E-state index in [-0.39, 0.29) is 0 Å². The highest BCUT2D eigenvalue weighted by atomic mass is 28.3. The molecule has 1 fully saturated rings. The molecule has 1 aliphatic carbocycles. The first kappa shape index (κ1) is 15.9. The molecule has 2 N–H and O–H groups in total. The van der Waals surface area contributed by atoms with E-state index in [0.717, 1.165) is 0 Å². The molecule has 1 rings (SSSR count). The minimum atomic E-state index is -1.41. The topological polar surface area (TPSA) is 40.5 Å². The van der Waals surface area contributed by atoms with Gasteiger partial charge in [0.2, 0.25) is 0 Å². The monoisotopic (exact) mass is 274 g/mol. The van der Waals surface area contributed by atoms with Crippen LogP contribution in [0.5, 0.6) is 0 Å². The van der Waals surface area contributed by atoms with Crippen molar-refractivity contribution in [3.63, 3.8) is 0 Å². The van der Waals surface area contributed by atoms with Crippen LogP contribution < -0.4 is 0 Å². The second-order valence-electron chi connectivity index (χ2n) is 6.19. The molecule has 0 aromatic heterocycles. The number of rotatable bonds is 0. The van der Waals surface area contributed by atoms with Crippen molar-refractivity contribution < 1.29 is 10.2 Å². The Balaban J connectivity index is 2.68. The molecule has 1 saturated carbocycles. The van der Waals surface area contributed by atoms with E-state index in [1.165, 1.54) is 0 Å². The van der Waals surface area contributed by atoms with Crippen molar-refractivity contribution in [2.75, 3.05) is 0 Å². The Morgan fingerprint density at radius 2 is 1.32 bits per heavy atom. The van der Waals surface area contributed by atoms with E-state index < -0.39 is 19.3 Å². The van der Waals surface area contributed by atoms with E-state index >= 15 is 0 Å². The first-order valence-electron chi connectivity index (χ1n) is 6.61. The Bertz CT molecular complexity index is 501. The first-order chi connectivity index (χ1) is 8.68. The van der Waals surface area contributed by atoms with E-state index in [2.05, 4.69) is 54.8 Å². The fourth-order valence-corrected chi connectivity index (χ4v) is 2.36. The molecule has 19 heavy (non-hydrogen) atoms. The van der Waals surface area contributed by atoms with Crippen LogP contribution in [-0.2, 0) is 0 Å². The summed E-state index contributed by atoms with van der Waals surface area (Å²) in [6.07, 6.45) is 1.81. The molecule has 0 spiro atoms. The Morgan fingerprint density at radius 3 is 1.74 bits per heavy atom. The van der Waals surface area contributed by atoms with Crippen molar-refractivity contribution >= 4 is 8.07 Å². The van der Waals surface area contributed by atoms with Crippen LogP contribution in [0.15, 0.2) is 0 Å². The zero-order chi connectivity index (χ0) is 14.6. The summed E-state index contributed by atoms with van der Waals surface area (Å²) in [6, 6.07) is 0. The van der Waals surface area contributed by atoms with Crippen LogP contribution >= 0.6 is 0 Å². The van der Waals surface area contributed by atoms with Gasteiger partial charge in [-0.3, -0.25) is 0 Å². The lowest BCUT2D eigenvalue weighted by molar-refractivity contribution is -0.0219. The van der Waals surface area contributed by atoms with Gasteiger partial charge in [-0.1, -0.05) is 31.5 Å². The predicted molar refractivity (Wildman–Crippen MR) is 80.7 cm³/mol. The number of aliphatic hydroxyl groups is 2. The summed E-state index contributed by atoms with van der Waals surface area (Å²) in [5.74, 6) is 14.0. The molecule has 102 valence electrons. The lowest BCUT2D eigenvalue weighted by Crippen LogP contribution is -2.41. The highest BCUT2D eigenvalue weighted by Crippen LogP contribution is 2.34. The lowest BCUT2D eigenvalue weighted by atomic mass is 9.76. The third kappa shape index (κ3) is 5.54. The summed E-state index contributed by atoms with van der Waals surface area (Å²) in [4.78, 5) is 0. The average molecular weight is 274 g/mol. The van der Waals surface area contributed by atoms with Crippen molar-refractivity contribution in [1.82, 2.24) is 0 Å². The van der Waals surface area contributed by atoms with Gasteiger partial charge in [-0.2, -0.15) is 0 Å². The summed E-state index contributed by atoms with van der Waals surface area (Å²) >= 11 is 0. The van der Waals surface area contributed by atoms with Crippen LogP contribution in [0.1, 0.15) is 32.6 Å². The van der Waals surface area contributed by atoms with Gasteiger partial charge < -0.3 is 10.2 Å².